The van der Waals surface area contributed by atoms with E-state index in [2.05, 4.69) is 17.0 Å². The molecular formula is C23H26F3N3O3. The van der Waals surface area contributed by atoms with Gasteiger partial charge in [0.1, 0.15) is 5.75 Å². The van der Waals surface area contributed by atoms with Crippen molar-refractivity contribution in [3.8, 4) is 17.0 Å². The largest absolute Gasteiger partial charge is 0.501 e. The van der Waals surface area contributed by atoms with Gasteiger partial charge in [-0.15, -0.1) is 6.58 Å². The zero-order chi connectivity index (χ0) is 23.7. The Hall–Kier alpha value is -3.49. The van der Waals surface area contributed by atoms with Crippen molar-refractivity contribution in [1.29, 1.82) is 0 Å². The maximum Gasteiger partial charge on any atom is 0.435 e. The smallest absolute Gasteiger partial charge is 0.435 e. The van der Waals surface area contributed by atoms with Crippen molar-refractivity contribution in [2.75, 3.05) is 20.8 Å². The maximum atomic E-state index is 13.4. The van der Waals surface area contributed by atoms with Crippen molar-refractivity contribution >= 4 is 11.6 Å². The number of hydrogen-bond acceptors (Lipinski definition) is 4. The lowest BCUT2D eigenvalue weighted by atomic mass is 10.1. The molecule has 0 atom stereocenters. The highest BCUT2D eigenvalue weighted by atomic mass is 19.4. The topological polar surface area (TPSA) is 65.4 Å². The van der Waals surface area contributed by atoms with E-state index in [0.717, 1.165) is 6.07 Å². The number of nitrogens with one attached hydrogen (secondary N) is 1. The number of benzene rings is 1. The van der Waals surface area contributed by atoms with Gasteiger partial charge in [-0.05, 0) is 42.5 Å². The molecule has 0 aliphatic heterocycles. The zero-order valence-electron chi connectivity index (χ0n) is 18.2. The first kappa shape index (κ1) is 24.8. The fourth-order valence-electron chi connectivity index (χ4n) is 2.78. The highest BCUT2D eigenvalue weighted by Crippen LogP contribution is 2.34. The van der Waals surface area contributed by atoms with Crippen LogP contribution in [0.2, 0.25) is 0 Å². The quantitative estimate of drug-likeness (QED) is 0.313. The summed E-state index contributed by atoms with van der Waals surface area (Å²) in [5.41, 5.74) is 0.246. The fraction of sp³-hybridized carbons (Fsp3) is 0.304. The molecule has 0 radical (unpaired) electrons. The fourth-order valence-corrected chi connectivity index (χ4v) is 2.78. The van der Waals surface area contributed by atoms with E-state index in [-0.39, 0.29) is 24.6 Å². The van der Waals surface area contributed by atoms with Gasteiger partial charge in [-0.3, -0.25) is 4.79 Å². The minimum absolute atomic E-state index is 0.163. The minimum atomic E-state index is -4.60. The van der Waals surface area contributed by atoms with Crippen molar-refractivity contribution in [3.05, 3.63) is 66.6 Å². The van der Waals surface area contributed by atoms with Crippen LogP contribution in [0, 0.1) is 0 Å². The first-order chi connectivity index (χ1) is 15.2. The molecule has 0 fully saturated rings. The average molecular weight is 449 g/mol. The molecule has 6 nitrogen and oxygen atoms in total. The maximum absolute atomic E-state index is 13.4. The van der Waals surface area contributed by atoms with E-state index >= 15 is 0 Å². The highest BCUT2D eigenvalue weighted by molar-refractivity contribution is 5.77. The molecule has 1 amide bonds. The van der Waals surface area contributed by atoms with Crippen molar-refractivity contribution in [2.45, 2.75) is 25.9 Å². The summed E-state index contributed by atoms with van der Waals surface area (Å²) in [4.78, 5) is 11.3. The number of halogens is 3. The summed E-state index contributed by atoms with van der Waals surface area (Å²) in [6.45, 7) is 5.44. The Bertz CT molecular complexity index is 984. The lowest BCUT2D eigenvalue weighted by Gasteiger charge is -2.11. The number of amides is 1. The third kappa shape index (κ3) is 6.50. The number of rotatable bonds is 10. The van der Waals surface area contributed by atoms with E-state index in [0.29, 0.717) is 29.2 Å². The van der Waals surface area contributed by atoms with Gasteiger partial charge in [0.05, 0.1) is 18.6 Å². The van der Waals surface area contributed by atoms with Crippen molar-refractivity contribution < 1.29 is 27.4 Å². The summed E-state index contributed by atoms with van der Waals surface area (Å²) in [7, 11) is 3.03. The van der Waals surface area contributed by atoms with Crippen LogP contribution in [0.5, 0.6) is 5.75 Å². The Morgan fingerprint density at radius 1 is 1.25 bits per heavy atom. The summed E-state index contributed by atoms with van der Waals surface area (Å²) in [5.74, 6) is 0.794. The molecule has 0 aliphatic rings. The van der Waals surface area contributed by atoms with Crippen LogP contribution in [-0.2, 0) is 15.7 Å². The Morgan fingerprint density at radius 2 is 1.94 bits per heavy atom. The Labute approximate surface area is 185 Å². The first-order valence-electron chi connectivity index (χ1n) is 9.89. The number of nitrogens with zero attached hydrogens (tertiary/aromatic N) is 2. The molecule has 1 heterocycles. The van der Waals surface area contributed by atoms with E-state index in [1.807, 2.05) is 6.92 Å². The van der Waals surface area contributed by atoms with E-state index in [4.69, 9.17) is 9.47 Å². The van der Waals surface area contributed by atoms with Gasteiger partial charge in [-0.25, -0.2) is 4.68 Å². The van der Waals surface area contributed by atoms with Crippen molar-refractivity contribution in [1.82, 2.24) is 15.1 Å². The third-order valence-electron chi connectivity index (χ3n) is 4.50. The number of carbonyl (C=O) groups is 1. The van der Waals surface area contributed by atoms with Crippen LogP contribution in [0.3, 0.4) is 0 Å². The number of hydrogen-bond donors (Lipinski definition) is 1. The standard InChI is InChI=1S/C23H26F3N3O3/c1-5-7-17(10-13-18(6-2)31-4)29-20(14-21(28-29)23(24,25)26)16-8-11-19(12-9-16)32-15-22(30)27-3/h5,8-14H,1,6-7,15H2,2-4H3,(H,27,30)/b17-10+,18-13+. The minimum Gasteiger partial charge on any atom is -0.501 e. The number of likely N-dealkylation sites (N-methyl/N-ethyl adjacent to an activating group) is 1. The van der Waals surface area contributed by atoms with E-state index in [9.17, 15) is 18.0 Å². The molecule has 0 bridgehead atoms. The van der Waals surface area contributed by atoms with Crippen molar-refractivity contribution in [2.24, 2.45) is 0 Å². The number of methoxy groups -OCH3 is 1. The van der Waals surface area contributed by atoms with Crippen LogP contribution < -0.4 is 10.1 Å². The van der Waals surface area contributed by atoms with Crippen LogP contribution in [0.25, 0.3) is 17.0 Å². The predicted octanol–water partition coefficient (Wildman–Crippen LogP) is 5.05. The van der Waals surface area contributed by atoms with E-state index in [1.54, 1.807) is 42.5 Å². The van der Waals surface area contributed by atoms with Gasteiger partial charge in [0.15, 0.2) is 12.3 Å². The number of alkyl halides is 3. The summed E-state index contributed by atoms with van der Waals surface area (Å²) in [5, 5.41) is 6.26. The lowest BCUT2D eigenvalue weighted by Crippen LogP contribution is -2.24. The molecule has 1 aromatic heterocycles. The summed E-state index contributed by atoms with van der Waals surface area (Å²) in [6.07, 6.45) is 1.27. The lowest BCUT2D eigenvalue weighted by molar-refractivity contribution is -0.141. The highest BCUT2D eigenvalue weighted by Gasteiger charge is 2.35. The molecule has 172 valence electrons. The second kappa shape index (κ2) is 11.2. The first-order valence-corrected chi connectivity index (χ1v) is 9.89. The van der Waals surface area contributed by atoms with Crippen LogP contribution in [0.15, 0.2) is 60.9 Å². The van der Waals surface area contributed by atoms with Gasteiger partial charge >= 0.3 is 6.18 Å². The molecule has 2 rings (SSSR count). The Kier molecular flexibility index (Phi) is 8.69. The SMILES string of the molecule is C=CC/C(=C\C=C(/CC)OC)n1nc(C(F)(F)F)cc1-c1ccc(OCC(=O)NC)cc1. The summed E-state index contributed by atoms with van der Waals surface area (Å²) < 4.78 is 52.2. The second-order valence-electron chi connectivity index (χ2n) is 6.65. The second-order valence-corrected chi connectivity index (χ2v) is 6.65. The molecular weight excluding hydrogens is 423 g/mol. The number of ether oxygens (including phenoxy) is 2. The third-order valence-corrected chi connectivity index (χ3v) is 4.50. The van der Waals surface area contributed by atoms with E-state index < -0.39 is 11.9 Å². The number of carbonyl (C=O) groups excluding carboxylic acids is 1. The average Bonchev–Trinajstić information content (AvgIpc) is 3.23. The Balaban J connectivity index is 2.51. The molecule has 9 heteroatoms. The van der Waals surface area contributed by atoms with Crippen LogP contribution >= 0.6 is 0 Å². The van der Waals surface area contributed by atoms with Gasteiger partial charge in [0.25, 0.3) is 5.91 Å². The Morgan fingerprint density at radius 3 is 2.47 bits per heavy atom. The van der Waals surface area contributed by atoms with Gasteiger partial charge in [0, 0.05) is 31.1 Å². The van der Waals surface area contributed by atoms with Gasteiger partial charge in [-0.2, -0.15) is 18.3 Å². The molecule has 0 saturated carbocycles. The van der Waals surface area contributed by atoms with Crippen LogP contribution in [0.4, 0.5) is 13.2 Å². The molecule has 2 aromatic rings. The molecule has 0 aliphatic carbocycles. The summed E-state index contributed by atoms with van der Waals surface area (Å²) >= 11 is 0. The van der Waals surface area contributed by atoms with Crippen molar-refractivity contribution in [3.63, 3.8) is 0 Å². The van der Waals surface area contributed by atoms with E-state index in [1.165, 1.54) is 18.8 Å². The van der Waals surface area contributed by atoms with Crippen LogP contribution in [-0.4, -0.2) is 36.5 Å². The van der Waals surface area contributed by atoms with Crippen LogP contribution in [0.1, 0.15) is 25.5 Å². The molecule has 0 spiro atoms. The molecule has 32 heavy (non-hydrogen) atoms. The monoisotopic (exact) mass is 449 g/mol. The number of allylic oxidation sites excluding steroid dienone is 5. The molecule has 1 aromatic carbocycles. The molecule has 0 unspecified atom stereocenters. The van der Waals surface area contributed by atoms with Gasteiger partial charge < -0.3 is 14.8 Å². The van der Waals surface area contributed by atoms with Gasteiger partial charge in [0.2, 0.25) is 0 Å². The van der Waals surface area contributed by atoms with Gasteiger partial charge in [-0.1, -0.05) is 13.0 Å². The predicted molar refractivity (Wildman–Crippen MR) is 117 cm³/mol. The molecule has 1 N–H and O–H groups in total. The normalized spacial score (nSPS) is 12.4. The molecule has 0 saturated heterocycles. The zero-order valence-corrected chi connectivity index (χ0v) is 18.2. The summed E-state index contributed by atoms with van der Waals surface area (Å²) in [6, 6.07) is 7.39. The number of aromatic nitrogens is 2.